The molecule has 122 valence electrons. The van der Waals surface area contributed by atoms with Gasteiger partial charge < -0.3 is 14.9 Å². The minimum atomic E-state index is -1.43. The van der Waals surface area contributed by atoms with Crippen molar-refractivity contribution in [1.29, 1.82) is 0 Å². The Morgan fingerprint density at radius 3 is 2.38 bits per heavy atom. The zero-order chi connectivity index (χ0) is 17.0. The van der Waals surface area contributed by atoms with E-state index in [2.05, 4.69) is 0 Å². The topological polar surface area (TPSA) is 49.7 Å². The summed E-state index contributed by atoms with van der Waals surface area (Å²) in [4.78, 5) is 0. The van der Waals surface area contributed by atoms with E-state index in [1.807, 2.05) is 18.2 Å². The van der Waals surface area contributed by atoms with Crippen LogP contribution >= 0.6 is 0 Å². The van der Waals surface area contributed by atoms with Crippen molar-refractivity contribution in [3.8, 4) is 28.4 Å². The number of halogens is 2. The molecule has 24 heavy (non-hydrogen) atoms. The van der Waals surface area contributed by atoms with Gasteiger partial charge in [-0.25, -0.2) is 0 Å². The van der Waals surface area contributed by atoms with Gasteiger partial charge in [0.25, 0.3) is 0 Å². The molecule has 0 amide bonds. The van der Waals surface area contributed by atoms with Gasteiger partial charge in [0.05, 0.1) is 7.11 Å². The molecule has 0 aliphatic heterocycles. The molecule has 0 atom stereocenters. The highest BCUT2D eigenvalue weighted by molar-refractivity contribution is 6.00. The van der Waals surface area contributed by atoms with Crippen molar-refractivity contribution in [2.24, 2.45) is 0 Å². The number of phenols is 2. The molecule has 0 fully saturated rings. The first-order chi connectivity index (χ1) is 11.5. The molecule has 0 saturated carbocycles. The SMILES string of the molecule is COc1ccc2c(c1)CCc1c-2ccc2c(O)c(F)c(F)c(O)c12. The summed E-state index contributed by atoms with van der Waals surface area (Å²) in [5, 5.41) is 20.3. The van der Waals surface area contributed by atoms with Crippen LogP contribution in [0.4, 0.5) is 8.78 Å². The summed E-state index contributed by atoms with van der Waals surface area (Å²) in [6.45, 7) is 0. The van der Waals surface area contributed by atoms with E-state index >= 15 is 0 Å². The number of benzene rings is 3. The van der Waals surface area contributed by atoms with E-state index in [-0.39, 0.29) is 10.8 Å². The van der Waals surface area contributed by atoms with Crippen LogP contribution in [0.25, 0.3) is 21.9 Å². The van der Waals surface area contributed by atoms with Gasteiger partial charge in [-0.05, 0) is 53.3 Å². The highest BCUT2D eigenvalue weighted by atomic mass is 19.2. The van der Waals surface area contributed by atoms with E-state index in [9.17, 15) is 19.0 Å². The molecule has 0 radical (unpaired) electrons. The van der Waals surface area contributed by atoms with Crippen LogP contribution in [-0.4, -0.2) is 17.3 Å². The second-order valence-corrected chi connectivity index (χ2v) is 5.86. The number of rotatable bonds is 1. The van der Waals surface area contributed by atoms with Crippen LogP contribution in [0.1, 0.15) is 11.1 Å². The van der Waals surface area contributed by atoms with Crippen LogP contribution in [0.2, 0.25) is 0 Å². The lowest BCUT2D eigenvalue weighted by Crippen LogP contribution is -2.06. The normalized spacial score (nSPS) is 12.8. The van der Waals surface area contributed by atoms with Crippen LogP contribution < -0.4 is 4.74 Å². The van der Waals surface area contributed by atoms with Crippen molar-refractivity contribution in [1.82, 2.24) is 0 Å². The van der Waals surface area contributed by atoms with Crippen molar-refractivity contribution in [2.75, 3.05) is 7.11 Å². The van der Waals surface area contributed by atoms with Crippen LogP contribution in [0.3, 0.4) is 0 Å². The molecular weight excluding hydrogens is 314 g/mol. The molecule has 3 nitrogen and oxygen atoms in total. The molecule has 1 aliphatic carbocycles. The molecule has 3 aromatic carbocycles. The summed E-state index contributed by atoms with van der Waals surface area (Å²) in [6, 6.07) is 8.96. The van der Waals surface area contributed by atoms with E-state index in [1.165, 1.54) is 6.07 Å². The van der Waals surface area contributed by atoms with Gasteiger partial charge in [-0.3, -0.25) is 0 Å². The average molecular weight is 328 g/mol. The van der Waals surface area contributed by atoms with Crippen molar-refractivity contribution < 1.29 is 23.7 Å². The van der Waals surface area contributed by atoms with Crippen LogP contribution in [0.15, 0.2) is 30.3 Å². The molecule has 3 aromatic rings. The van der Waals surface area contributed by atoms with Gasteiger partial charge in [-0.15, -0.1) is 0 Å². The summed E-state index contributed by atoms with van der Waals surface area (Å²) in [5.74, 6) is -3.63. The van der Waals surface area contributed by atoms with Crippen molar-refractivity contribution in [2.45, 2.75) is 12.8 Å². The van der Waals surface area contributed by atoms with E-state index in [0.717, 1.165) is 22.4 Å². The van der Waals surface area contributed by atoms with Crippen molar-refractivity contribution in [3.05, 3.63) is 53.1 Å². The zero-order valence-corrected chi connectivity index (χ0v) is 12.9. The van der Waals surface area contributed by atoms with Gasteiger partial charge >= 0.3 is 0 Å². The third kappa shape index (κ3) is 1.87. The largest absolute Gasteiger partial charge is 0.504 e. The molecule has 5 heteroatoms. The van der Waals surface area contributed by atoms with Crippen molar-refractivity contribution in [3.63, 3.8) is 0 Å². The monoisotopic (exact) mass is 328 g/mol. The fraction of sp³-hybridized carbons (Fsp3) is 0.158. The number of ether oxygens (including phenoxy) is 1. The summed E-state index contributed by atoms with van der Waals surface area (Å²) < 4.78 is 32.8. The predicted octanol–water partition coefficient (Wildman–Crippen LogP) is 4.30. The molecule has 4 rings (SSSR count). The highest BCUT2D eigenvalue weighted by Gasteiger charge is 2.25. The number of phenolic OH excluding ortho intramolecular Hbond substituents is 2. The minimum absolute atomic E-state index is 0.113. The molecule has 0 saturated heterocycles. The lowest BCUT2D eigenvalue weighted by molar-refractivity contribution is 0.382. The molecule has 0 spiro atoms. The summed E-state index contributed by atoms with van der Waals surface area (Å²) in [7, 11) is 1.60. The van der Waals surface area contributed by atoms with E-state index in [1.54, 1.807) is 13.2 Å². The third-order valence-corrected chi connectivity index (χ3v) is 4.66. The lowest BCUT2D eigenvalue weighted by atomic mass is 9.82. The van der Waals surface area contributed by atoms with Gasteiger partial charge in [0, 0.05) is 10.8 Å². The first-order valence-electron chi connectivity index (χ1n) is 7.54. The predicted molar refractivity (Wildman–Crippen MR) is 86.6 cm³/mol. The summed E-state index contributed by atoms with van der Waals surface area (Å²) >= 11 is 0. The average Bonchev–Trinajstić information content (AvgIpc) is 2.62. The third-order valence-electron chi connectivity index (χ3n) is 4.66. The van der Waals surface area contributed by atoms with Crippen LogP contribution in [0, 0.1) is 11.6 Å². The van der Waals surface area contributed by atoms with Gasteiger partial charge in [0.1, 0.15) is 5.75 Å². The van der Waals surface area contributed by atoms with Gasteiger partial charge in [-0.1, -0.05) is 12.1 Å². The lowest BCUT2D eigenvalue weighted by Gasteiger charge is -2.23. The smallest absolute Gasteiger partial charge is 0.204 e. The Labute approximate surface area is 136 Å². The van der Waals surface area contributed by atoms with E-state index < -0.39 is 23.1 Å². The number of hydrogen-bond acceptors (Lipinski definition) is 3. The van der Waals surface area contributed by atoms with Gasteiger partial charge in [-0.2, -0.15) is 8.78 Å². The van der Waals surface area contributed by atoms with Gasteiger partial charge in [0.15, 0.2) is 11.5 Å². The summed E-state index contributed by atoms with van der Waals surface area (Å²) in [5.41, 5.74) is 3.60. The molecule has 0 aromatic heterocycles. The molecule has 2 N–H and O–H groups in total. The minimum Gasteiger partial charge on any atom is -0.504 e. The molecule has 0 heterocycles. The highest BCUT2D eigenvalue weighted by Crippen LogP contribution is 2.45. The first kappa shape index (κ1) is 14.8. The Kier molecular flexibility index (Phi) is 3.13. The molecule has 1 aliphatic rings. The maximum Gasteiger partial charge on any atom is 0.204 e. The van der Waals surface area contributed by atoms with E-state index in [0.29, 0.717) is 18.4 Å². The first-order valence-corrected chi connectivity index (χ1v) is 7.54. The molecule has 0 unspecified atom stereocenters. The Bertz CT molecular complexity index is 996. The van der Waals surface area contributed by atoms with Crippen LogP contribution in [0.5, 0.6) is 17.2 Å². The number of fused-ring (bicyclic) bond motifs is 5. The van der Waals surface area contributed by atoms with Crippen molar-refractivity contribution >= 4 is 10.8 Å². The maximum atomic E-state index is 13.9. The zero-order valence-electron chi connectivity index (χ0n) is 12.9. The van der Waals surface area contributed by atoms with Gasteiger partial charge in [0.2, 0.25) is 11.6 Å². The molecular formula is C19H14F2O3. The Balaban J connectivity index is 2.06. The standard InChI is InChI=1S/C19H14F2O3/c1-24-10-3-5-11-9(8-10)2-4-13-12(11)6-7-14-15(13)19(23)17(21)16(20)18(14)22/h3,5-8,22-23H,2,4H2,1H3. The number of aromatic hydroxyl groups is 2. The second-order valence-electron chi connectivity index (χ2n) is 5.86. The Hall–Kier alpha value is -2.82. The number of aryl methyl sites for hydroxylation is 2. The fourth-order valence-electron chi connectivity index (χ4n) is 3.49. The maximum absolute atomic E-state index is 13.9. The molecule has 0 bridgehead atoms. The summed E-state index contributed by atoms with van der Waals surface area (Å²) in [6.07, 6.45) is 1.22. The number of hydrogen-bond donors (Lipinski definition) is 2. The second kappa shape index (κ2) is 5.09. The fourth-order valence-corrected chi connectivity index (χ4v) is 3.49. The number of methoxy groups -OCH3 is 1. The quantitative estimate of drug-likeness (QED) is 0.655. The van der Waals surface area contributed by atoms with E-state index in [4.69, 9.17) is 4.74 Å². The van der Waals surface area contributed by atoms with Crippen LogP contribution in [-0.2, 0) is 12.8 Å². The Morgan fingerprint density at radius 2 is 1.62 bits per heavy atom. The Morgan fingerprint density at radius 1 is 0.917 bits per heavy atom.